The van der Waals surface area contributed by atoms with Crippen LogP contribution >= 0.6 is 0 Å². The number of nitrogens with two attached hydrogens (primary N) is 2. The molecule has 0 saturated heterocycles. The van der Waals surface area contributed by atoms with Gasteiger partial charge in [0.05, 0.1) is 7.11 Å². The number of rotatable bonds is 0. The maximum Gasteiger partial charge on any atom is 0.432 e. The van der Waals surface area contributed by atoms with E-state index >= 15 is 0 Å². The monoisotopic (exact) mass is 221 g/mol. The summed E-state index contributed by atoms with van der Waals surface area (Å²) in [4.78, 5) is 14.3. The number of guanidine groups is 2. The normalized spacial score (nSPS) is 19.6. The molecule has 0 aromatic heterocycles. The van der Waals surface area contributed by atoms with E-state index in [2.05, 4.69) is 14.1 Å². The van der Waals surface area contributed by atoms with Crippen molar-refractivity contribution in [1.29, 1.82) is 0 Å². The van der Waals surface area contributed by atoms with Gasteiger partial charge in [-0.15, -0.1) is 8.70 Å². The topological polar surface area (TPSA) is 140 Å². The van der Waals surface area contributed by atoms with Crippen molar-refractivity contribution in [2.75, 3.05) is 7.11 Å². The van der Waals surface area contributed by atoms with Gasteiger partial charge >= 0.3 is 16.3 Å². The van der Waals surface area contributed by atoms with Crippen LogP contribution in [0.3, 0.4) is 0 Å². The zero-order valence-electron chi connectivity index (χ0n) is 7.04. The Kier molecular flexibility index (Phi) is 2.30. The Bertz CT molecular complexity index is 423. The molecule has 1 heterocycles. The van der Waals surface area contributed by atoms with Crippen LogP contribution in [0.4, 0.5) is 4.79 Å². The number of ether oxygens (including phenoxy) is 1. The van der Waals surface area contributed by atoms with Crippen LogP contribution in [0.25, 0.3) is 0 Å². The number of carbonyl (C=O) groups excluding carboxylic acids is 1. The van der Waals surface area contributed by atoms with Gasteiger partial charge in [0.2, 0.25) is 11.9 Å². The summed E-state index contributed by atoms with van der Waals surface area (Å²) in [6.07, 6.45) is -1.21. The summed E-state index contributed by atoms with van der Waals surface area (Å²) in [5.41, 5.74) is 10.2. The quantitative estimate of drug-likeness (QED) is 0.482. The summed E-state index contributed by atoms with van der Waals surface area (Å²) in [7, 11) is -3.27. The lowest BCUT2D eigenvalue weighted by atomic mass is 10.9. The Balaban J connectivity index is 3.22. The van der Waals surface area contributed by atoms with E-state index in [1.165, 1.54) is 0 Å². The number of aliphatic imine (C=N–C) groups is 1. The summed E-state index contributed by atoms with van der Waals surface area (Å²) < 4.78 is 29.6. The van der Waals surface area contributed by atoms with Crippen molar-refractivity contribution in [1.82, 2.24) is 4.31 Å². The van der Waals surface area contributed by atoms with E-state index in [4.69, 9.17) is 11.5 Å². The highest BCUT2D eigenvalue weighted by Gasteiger charge is 2.35. The standard InChI is InChI=1S/C4H7N5O4S/c1-13-4(10)9-3(6)7-2(5)8-14(9,11)12/h1H3,(H4,5,6,7,8). The van der Waals surface area contributed by atoms with Gasteiger partial charge in [-0.3, -0.25) is 0 Å². The molecule has 1 aliphatic heterocycles. The van der Waals surface area contributed by atoms with Gasteiger partial charge in [0.1, 0.15) is 0 Å². The van der Waals surface area contributed by atoms with Gasteiger partial charge in [-0.25, -0.2) is 4.79 Å². The summed E-state index contributed by atoms with van der Waals surface area (Å²) in [5, 5.41) is 0. The van der Waals surface area contributed by atoms with Crippen molar-refractivity contribution in [3.05, 3.63) is 0 Å². The average Bonchev–Trinajstić information content (AvgIpc) is 1.99. The second kappa shape index (κ2) is 3.14. The van der Waals surface area contributed by atoms with E-state index in [1.54, 1.807) is 0 Å². The van der Waals surface area contributed by atoms with Gasteiger partial charge in [0, 0.05) is 0 Å². The largest absolute Gasteiger partial charge is 0.452 e. The molecule has 10 heteroatoms. The van der Waals surface area contributed by atoms with Gasteiger partial charge in [0.15, 0.2) is 0 Å². The van der Waals surface area contributed by atoms with Crippen LogP contribution in [-0.4, -0.2) is 37.8 Å². The third-order valence-corrected chi connectivity index (χ3v) is 2.43. The number of carbonyl (C=O) groups is 1. The van der Waals surface area contributed by atoms with Crippen LogP contribution in [0.2, 0.25) is 0 Å². The summed E-state index contributed by atoms with van der Waals surface area (Å²) in [6, 6.07) is 0. The fourth-order valence-corrected chi connectivity index (χ4v) is 1.63. The van der Waals surface area contributed by atoms with Gasteiger partial charge in [-0.1, -0.05) is 0 Å². The van der Waals surface area contributed by atoms with E-state index in [0.29, 0.717) is 0 Å². The lowest BCUT2D eigenvalue weighted by Crippen LogP contribution is -2.48. The fourth-order valence-electron chi connectivity index (χ4n) is 0.731. The molecular formula is C4H7N5O4S. The van der Waals surface area contributed by atoms with Crippen LogP contribution in [0, 0.1) is 0 Å². The molecule has 4 N–H and O–H groups in total. The van der Waals surface area contributed by atoms with E-state index in [9.17, 15) is 13.2 Å². The minimum absolute atomic E-state index is 0.101. The first-order chi connectivity index (χ1) is 6.38. The number of amides is 1. The molecule has 0 atom stereocenters. The molecule has 14 heavy (non-hydrogen) atoms. The molecular weight excluding hydrogens is 214 g/mol. The lowest BCUT2D eigenvalue weighted by molar-refractivity contribution is 0.161. The highest BCUT2D eigenvalue weighted by molar-refractivity contribution is 7.89. The van der Waals surface area contributed by atoms with E-state index in [1.807, 2.05) is 0 Å². The number of methoxy groups -OCH3 is 1. The first-order valence-electron chi connectivity index (χ1n) is 3.21. The molecule has 0 aliphatic carbocycles. The predicted molar refractivity (Wildman–Crippen MR) is 46.4 cm³/mol. The molecule has 0 unspecified atom stereocenters. The first-order valence-corrected chi connectivity index (χ1v) is 4.61. The maximum atomic E-state index is 11.2. The van der Waals surface area contributed by atoms with Crippen molar-refractivity contribution in [2.45, 2.75) is 0 Å². The van der Waals surface area contributed by atoms with Crippen molar-refractivity contribution in [3.63, 3.8) is 0 Å². The highest BCUT2D eigenvalue weighted by atomic mass is 32.2. The van der Waals surface area contributed by atoms with Gasteiger partial charge in [-0.2, -0.15) is 13.4 Å². The molecule has 9 nitrogen and oxygen atoms in total. The Morgan fingerprint density at radius 3 is 2.50 bits per heavy atom. The molecule has 1 aliphatic rings. The Hall–Kier alpha value is -1.84. The smallest absolute Gasteiger partial charge is 0.432 e. The maximum absolute atomic E-state index is 11.2. The SMILES string of the molecule is COC(=O)N1C(N)=NC(N)=NS1(=O)=O. The Labute approximate surface area is 79.2 Å². The van der Waals surface area contributed by atoms with E-state index < -0.39 is 28.2 Å². The molecule has 78 valence electrons. The molecule has 1 amide bonds. The number of nitrogens with zero attached hydrogens (tertiary/aromatic N) is 3. The third kappa shape index (κ3) is 1.59. The Morgan fingerprint density at radius 1 is 1.50 bits per heavy atom. The van der Waals surface area contributed by atoms with Crippen LogP contribution < -0.4 is 11.5 Å². The predicted octanol–water partition coefficient (Wildman–Crippen LogP) is -2.06. The molecule has 0 fully saturated rings. The highest BCUT2D eigenvalue weighted by Crippen LogP contribution is 2.09. The second-order valence-electron chi connectivity index (χ2n) is 2.13. The molecule has 0 saturated carbocycles. The van der Waals surface area contributed by atoms with Crippen LogP contribution in [0.5, 0.6) is 0 Å². The molecule has 0 aromatic rings. The molecule has 0 spiro atoms. The van der Waals surface area contributed by atoms with Crippen molar-refractivity contribution < 1.29 is 17.9 Å². The summed E-state index contributed by atoms with van der Waals surface area (Å²) in [6.45, 7) is 0. The van der Waals surface area contributed by atoms with Crippen molar-refractivity contribution in [2.24, 2.45) is 20.9 Å². The first kappa shape index (κ1) is 10.2. The third-order valence-electron chi connectivity index (χ3n) is 1.22. The van der Waals surface area contributed by atoms with Gasteiger partial charge in [0.25, 0.3) is 0 Å². The minimum atomic E-state index is -4.27. The van der Waals surface area contributed by atoms with Gasteiger partial charge < -0.3 is 16.2 Å². The van der Waals surface area contributed by atoms with Crippen LogP contribution in [-0.2, 0) is 14.9 Å². The second-order valence-corrected chi connectivity index (χ2v) is 3.58. The summed E-state index contributed by atoms with van der Waals surface area (Å²) >= 11 is 0. The Morgan fingerprint density at radius 2 is 2.07 bits per heavy atom. The molecule has 1 rings (SSSR count). The minimum Gasteiger partial charge on any atom is -0.452 e. The van der Waals surface area contributed by atoms with E-state index in [-0.39, 0.29) is 4.31 Å². The fraction of sp³-hybridized carbons (Fsp3) is 0.250. The van der Waals surface area contributed by atoms with E-state index in [0.717, 1.165) is 7.11 Å². The van der Waals surface area contributed by atoms with Crippen molar-refractivity contribution in [3.8, 4) is 0 Å². The zero-order chi connectivity index (χ0) is 10.9. The van der Waals surface area contributed by atoms with Crippen LogP contribution in [0.1, 0.15) is 0 Å². The summed E-state index contributed by atoms with van der Waals surface area (Å²) in [5.74, 6) is -1.15. The van der Waals surface area contributed by atoms with Crippen molar-refractivity contribution >= 4 is 28.2 Å². The van der Waals surface area contributed by atoms with Gasteiger partial charge in [-0.05, 0) is 0 Å². The average molecular weight is 221 g/mol. The molecule has 0 radical (unpaired) electrons. The number of hydrogen-bond donors (Lipinski definition) is 2. The lowest BCUT2D eigenvalue weighted by Gasteiger charge is -2.19. The molecule has 0 aromatic carbocycles. The zero-order valence-corrected chi connectivity index (χ0v) is 7.85. The molecule has 0 bridgehead atoms. The number of hydrogen-bond acceptors (Lipinski definition) is 7. The van der Waals surface area contributed by atoms with Crippen LogP contribution in [0.15, 0.2) is 9.39 Å².